The second-order valence-electron chi connectivity index (χ2n) is 11.1. The number of unbranched alkanes of at least 4 members (excludes halogenated alkanes) is 1. The third-order valence-electron chi connectivity index (χ3n) is 7.46. The molecule has 1 N–H and O–H groups in total. The van der Waals surface area contributed by atoms with Gasteiger partial charge in [-0.05, 0) is 66.8 Å². The molecule has 10 nitrogen and oxygen atoms in total. The number of aromatic nitrogens is 2. The lowest BCUT2D eigenvalue weighted by molar-refractivity contribution is 0.0696. The summed E-state index contributed by atoms with van der Waals surface area (Å²) in [4.78, 5) is 43.7. The second kappa shape index (κ2) is 14.9. The Bertz CT molecular complexity index is 1720. The highest BCUT2D eigenvalue weighted by molar-refractivity contribution is 6.32. The number of aromatic carboxylic acids is 1. The fourth-order valence-corrected chi connectivity index (χ4v) is 4.85. The fraction of sp³-hybridized carbons (Fsp3) is 0.353. The summed E-state index contributed by atoms with van der Waals surface area (Å²) in [5, 5.41) is 11.0. The van der Waals surface area contributed by atoms with Gasteiger partial charge in [0.15, 0.2) is 11.5 Å². The zero-order chi connectivity index (χ0) is 32.7. The lowest BCUT2D eigenvalue weighted by atomic mass is 10.1. The minimum Gasteiger partial charge on any atom is -0.493 e. The number of fused-ring (bicyclic) bond motifs is 1. The number of rotatable bonds is 13. The van der Waals surface area contributed by atoms with Gasteiger partial charge in [0.25, 0.3) is 5.56 Å². The topological polar surface area (TPSA) is 120 Å². The van der Waals surface area contributed by atoms with E-state index in [4.69, 9.17) is 35.9 Å². The molecular formula is C34H38ClN3O7. The Kier molecular flexibility index (Phi) is 11.1. The zero-order valence-electron chi connectivity index (χ0n) is 26.1. The van der Waals surface area contributed by atoms with Gasteiger partial charge < -0.3 is 19.3 Å². The molecule has 238 valence electrons. The molecule has 11 heteroatoms. The summed E-state index contributed by atoms with van der Waals surface area (Å²) in [5.74, 6) is 0.0768. The number of aryl methyl sites for hydroxylation is 1. The van der Waals surface area contributed by atoms with Gasteiger partial charge in [0.05, 0.1) is 35.1 Å². The largest absolute Gasteiger partial charge is 0.493 e. The Morgan fingerprint density at radius 1 is 1.04 bits per heavy atom. The number of methoxy groups -OCH3 is 1. The smallest absolute Gasteiger partial charge is 0.429 e. The van der Waals surface area contributed by atoms with Crippen LogP contribution in [-0.4, -0.2) is 40.0 Å². The molecular weight excluding hydrogens is 598 g/mol. The lowest BCUT2D eigenvalue weighted by Gasteiger charge is -2.29. The molecule has 0 radical (unpaired) electrons. The molecule has 0 saturated heterocycles. The quantitative estimate of drug-likeness (QED) is 0.167. The average Bonchev–Trinajstić information content (AvgIpc) is 3.02. The Balaban J connectivity index is 1.73. The van der Waals surface area contributed by atoms with Gasteiger partial charge in [0.2, 0.25) is 0 Å². The van der Waals surface area contributed by atoms with E-state index in [9.17, 15) is 14.4 Å². The molecule has 3 aromatic carbocycles. The van der Waals surface area contributed by atoms with E-state index in [1.54, 1.807) is 49.4 Å². The van der Waals surface area contributed by atoms with Crippen molar-refractivity contribution >= 4 is 34.6 Å². The number of carboxylic acids is 1. The summed E-state index contributed by atoms with van der Waals surface area (Å²) in [6.07, 6.45) is 0.996. The van der Waals surface area contributed by atoms with Crippen molar-refractivity contribution in [1.29, 1.82) is 0 Å². The third-order valence-corrected chi connectivity index (χ3v) is 7.74. The summed E-state index contributed by atoms with van der Waals surface area (Å²) >= 11 is 6.69. The van der Waals surface area contributed by atoms with Gasteiger partial charge in [0, 0.05) is 6.42 Å². The summed E-state index contributed by atoms with van der Waals surface area (Å²) in [5.41, 5.74) is 1.64. The van der Waals surface area contributed by atoms with Gasteiger partial charge in [-0.2, -0.15) is 4.68 Å². The van der Waals surface area contributed by atoms with Crippen LogP contribution in [-0.2, 0) is 24.3 Å². The number of ether oxygens (including phenoxy) is 3. The molecule has 0 aliphatic carbocycles. The highest BCUT2D eigenvalue weighted by atomic mass is 35.5. The van der Waals surface area contributed by atoms with Crippen molar-refractivity contribution in [3.05, 3.63) is 98.6 Å². The first-order chi connectivity index (χ1) is 21.5. The van der Waals surface area contributed by atoms with Crippen LogP contribution < -0.4 is 20.0 Å². The van der Waals surface area contributed by atoms with Crippen LogP contribution in [0.25, 0.3) is 10.9 Å². The molecule has 1 aromatic heterocycles. The molecule has 4 aromatic rings. The van der Waals surface area contributed by atoms with Crippen LogP contribution in [0.2, 0.25) is 5.02 Å². The Hall–Kier alpha value is -4.57. The number of nitrogens with zero attached hydrogens (tertiary/aromatic N) is 3. The highest BCUT2D eigenvalue weighted by Gasteiger charge is 2.27. The first-order valence-electron chi connectivity index (χ1n) is 14.8. The van der Waals surface area contributed by atoms with Crippen molar-refractivity contribution in [2.75, 3.05) is 12.1 Å². The van der Waals surface area contributed by atoms with Crippen LogP contribution >= 0.6 is 11.6 Å². The molecule has 0 aliphatic rings. The number of carbonyl (C=O) groups is 2. The summed E-state index contributed by atoms with van der Waals surface area (Å²) in [6.45, 7) is 7.78. The van der Waals surface area contributed by atoms with E-state index in [0.29, 0.717) is 34.5 Å². The van der Waals surface area contributed by atoms with Crippen molar-refractivity contribution in [2.45, 2.75) is 66.2 Å². The molecule has 1 unspecified atom stereocenters. The third kappa shape index (κ3) is 7.94. The van der Waals surface area contributed by atoms with Crippen LogP contribution in [0, 0.1) is 5.92 Å². The van der Waals surface area contributed by atoms with Crippen LogP contribution in [0.5, 0.6) is 11.5 Å². The van der Waals surface area contributed by atoms with E-state index in [1.807, 2.05) is 26.8 Å². The number of para-hydroxylation sites is 1. The lowest BCUT2D eigenvalue weighted by Crippen LogP contribution is -2.49. The predicted octanol–water partition coefficient (Wildman–Crippen LogP) is 7.00. The van der Waals surface area contributed by atoms with Crippen LogP contribution in [0.3, 0.4) is 0 Å². The number of amides is 1. The van der Waals surface area contributed by atoms with Crippen molar-refractivity contribution in [1.82, 2.24) is 9.66 Å². The number of hydrogen-bond donors (Lipinski definition) is 1. The minimum absolute atomic E-state index is 0.0492. The molecule has 1 heterocycles. The van der Waals surface area contributed by atoms with Crippen LogP contribution in [0.4, 0.5) is 4.79 Å². The Morgan fingerprint density at radius 3 is 2.40 bits per heavy atom. The molecule has 45 heavy (non-hydrogen) atoms. The van der Waals surface area contributed by atoms with Gasteiger partial charge in [-0.1, -0.05) is 63.1 Å². The van der Waals surface area contributed by atoms with Crippen molar-refractivity contribution in [3.63, 3.8) is 0 Å². The fourth-order valence-electron chi connectivity index (χ4n) is 4.56. The van der Waals surface area contributed by atoms with Crippen molar-refractivity contribution in [2.24, 2.45) is 5.92 Å². The van der Waals surface area contributed by atoms with Gasteiger partial charge in [0.1, 0.15) is 18.5 Å². The van der Waals surface area contributed by atoms with Crippen LogP contribution in [0.1, 0.15) is 67.8 Å². The van der Waals surface area contributed by atoms with Gasteiger partial charge in [-0.15, -0.1) is 0 Å². The van der Waals surface area contributed by atoms with Gasteiger partial charge in [-0.25, -0.2) is 19.6 Å². The first-order valence-corrected chi connectivity index (χ1v) is 15.2. The Morgan fingerprint density at radius 2 is 1.76 bits per heavy atom. The molecule has 0 aliphatic heterocycles. The zero-order valence-corrected chi connectivity index (χ0v) is 26.8. The second-order valence-corrected chi connectivity index (χ2v) is 11.5. The van der Waals surface area contributed by atoms with Crippen molar-refractivity contribution < 1.29 is 28.9 Å². The van der Waals surface area contributed by atoms with Crippen molar-refractivity contribution in [3.8, 4) is 11.5 Å². The normalized spacial score (nSPS) is 11.8. The summed E-state index contributed by atoms with van der Waals surface area (Å²) in [7, 11) is 1.47. The number of carbonyl (C=O) groups excluding carboxylic acids is 1. The number of halogens is 1. The standard InChI is InChI=1S/C34H38ClN3O7/c1-6-7-12-30-36-28-11-9-8-10-26(28)32(39)38(30)37(34(42)45-22(4)21(2)3)19-24-17-27(35)31(29(18-24)43-5)44-20-23-13-15-25(16-14-23)33(40)41/h8-11,13-18,21-22H,6-7,12,19-20H2,1-5H3,(H,40,41). The molecule has 1 amide bonds. The maximum Gasteiger partial charge on any atom is 0.429 e. The minimum atomic E-state index is -1.02. The van der Waals surface area contributed by atoms with E-state index in [-0.39, 0.29) is 41.0 Å². The van der Waals surface area contributed by atoms with E-state index in [0.717, 1.165) is 18.4 Å². The summed E-state index contributed by atoms with van der Waals surface area (Å²) < 4.78 is 18.7. The molecule has 0 spiro atoms. The number of benzene rings is 3. The maximum atomic E-state index is 14.0. The van der Waals surface area contributed by atoms with Gasteiger partial charge >= 0.3 is 12.1 Å². The Labute approximate surface area is 267 Å². The average molecular weight is 636 g/mol. The highest BCUT2D eigenvalue weighted by Crippen LogP contribution is 2.37. The molecule has 0 fully saturated rings. The molecule has 4 rings (SSSR count). The molecule has 0 saturated carbocycles. The number of hydrogen-bond acceptors (Lipinski definition) is 7. The molecule has 1 atom stereocenters. The SMILES string of the molecule is CCCCc1nc2ccccc2c(=O)n1N(Cc1cc(Cl)c(OCc2ccc(C(=O)O)cc2)c(OC)c1)C(=O)OC(C)C(C)C. The predicted molar refractivity (Wildman–Crippen MR) is 173 cm³/mol. The molecule has 0 bridgehead atoms. The van der Waals surface area contributed by atoms with Gasteiger partial charge in [-0.3, -0.25) is 4.79 Å². The van der Waals surface area contributed by atoms with E-state index in [1.165, 1.54) is 28.9 Å². The van der Waals surface area contributed by atoms with E-state index < -0.39 is 18.2 Å². The number of carboxylic acid groups (broad SMARTS) is 1. The van der Waals surface area contributed by atoms with E-state index >= 15 is 0 Å². The van der Waals surface area contributed by atoms with E-state index in [2.05, 4.69) is 0 Å². The maximum absolute atomic E-state index is 14.0. The monoisotopic (exact) mass is 635 g/mol. The summed E-state index contributed by atoms with van der Waals surface area (Å²) in [6, 6.07) is 16.7. The van der Waals surface area contributed by atoms with Crippen LogP contribution in [0.15, 0.2) is 65.5 Å². The first kappa shape index (κ1) is 33.3.